The minimum atomic E-state index is 0. The van der Waals surface area contributed by atoms with Crippen LogP contribution in [0.2, 0.25) is 0 Å². The summed E-state index contributed by atoms with van der Waals surface area (Å²) in [4.78, 5) is 0. The second-order valence-corrected chi connectivity index (χ2v) is 1.73. The SMILES string of the molecule is C.CC.CC(C)C.[Ar].[Ar].[Ar]. The Morgan fingerprint density at radius 3 is 0.700 bits per heavy atom. The van der Waals surface area contributed by atoms with Crippen molar-refractivity contribution in [2.75, 3.05) is 0 Å². The summed E-state index contributed by atoms with van der Waals surface area (Å²) in [6.45, 7) is 10.5. The first-order valence-electron chi connectivity index (χ1n) is 2.73. The molecule has 0 saturated carbocycles. The predicted octanol–water partition coefficient (Wildman–Crippen LogP) is 3.32. The van der Waals surface area contributed by atoms with Gasteiger partial charge in [0.1, 0.15) is 0 Å². The summed E-state index contributed by atoms with van der Waals surface area (Å²) < 4.78 is 0. The zero-order chi connectivity index (χ0) is 5.58. The van der Waals surface area contributed by atoms with Crippen molar-refractivity contribution in [1.29, 1.82) is 0 Å². The molecule has 0 fully saturated rings. The molecule has 0 spiro atoms. The van der Waals surface area contributed by atoms with Crippen molar-refractivity contribution in [3.8, 4) is 0 Å². The molecule has 0 atom stereocenters. The number of hydrogen-bond donors (Lipinski definition) is 0. The van der Waals surface area contributed by atoms with Gasteiger partial charge in [0.2, 0.25) is 0 Å². The van der Waals surface area contributed by atoms with Gasteiger partial charge in [0.05, 0.1) is 0 Å². The van der Waals surface area contributed by atoms with Gasteiger partial charge in [-0.05, 0) is 5.92 Å². The van der Waals surface area contributed by atoms with Crippen molar-refractivity contribution < 1.29 is 113 Å². The first-order chi connectivity index (χ1) is 2.73. The van der Waals surface area contributed by atoms with E-state index in [0.29, 0.717) is 0 Å². The molecule has 72 valence electrons. The summed E-state index contributed by atoms with van der Waals surface area (Å²) in [5.41, 5.74) is 0. The summed E-state index contributed by atoms with van der Waals surface area (Å²) in [5, 5.41) is 0. The van der Waals surface area contributed by atoms with E-state index in [1.165, 1.54) is 0 Å². The average Bonchev–Trinajstić information content (AvgIpc) is 1.41. The largest absolute Gasteiger partial charge is 0.0776 e. The van der Waals surface area contributed by atoms with Crippen LogP contribution in [0.25, 0.3) is 0 Å². The maximum atomic E-state index is 2.17. The van der Waals surface area contributed by atoms with Crippen LogP contribution in [0.15, 0.2) is 0 Å². The Bertz CT molecular complexity index is 13.6. The monoisotopic (exact) mass is 224 g/mol. The van der Waals surface area contributed by atoms with Crippen molar-refractivity contribution in [2.24, 2.45) is 5.92 Å². The Hall–Kier alpha value is 3.78. The van der Waals surface area contributed by atoms with Crippen LogP contribution in [0.1, 0.15) is 42.0 Å². The van der Waals surface area contributed by atoms with Crippen LogP contribution >= 0.6 is 0 Å². The molecule has 0 aliphatic heterocycles. The number of rotatable bonds is 0. The van der Waals surface area contributed by atoms with E-state index >= 15 is 0 Å². The van der Waals surface area contributed by atoms with E-state index in [1.807, 2.05) is 13.8 Å². The molecular formula is C7H20Ar3. The van der Waals surface area contributed by atoms with Gasteiger partial charge in [0, 0.05) is 113 Å². The second kappa shape index (κ2) is 38.6. The minimum Gasteiger partial charge on any atom is -0.0776 e. The normalized spacial score (nSPS) is 4.20. The van der Waals surface area contributed by atoms with Crippen LogP contribution in [0, 0.1) is 119 Å². The van der Waals surface area contributed by atoms with Gasteiger partial charge in [0.25, 0.3) is 0 Å². The molecule has 0 aromatic rings. The van der Waals surface area contributed by atoms with E-state index in [4.69, 9.17) is 0 Å². The molecule has 0 aromatic heterocycles. The van der Waals surface area contributed by atoms with Crippen LogP contribution in [-0.4, -0.2) is 0 Å². The molecule has 3 heteroatoms. The zero-order valence-corrected chi connectivity index (χ0v) is 8.76. The van der Waals surface area contributed by atoms with Gasteiger partial charge >= 0.3 is 0 Å². The van der Waals surface area contributed by atoms with E-state index in [2.05, 4.69) is 20.8 Å². The Morgan fingerprint density at radius 2 is 0.700 bits per heavy atom. The Morgan fingerprint density at radius 1 is 0.700 bits per heavy atom. The van der Waals surface area contributed by atoms with Gasteiger partial charge in [-0.1, -0.05) is 42.0 Å². The van der Waals surface area contributed by atoms with E-state index in [9.17, 15) is 0 Å². The molecule has 0 rings (SSSR count). The van der Waals surface area contributed by atoms with Crippen molar-refractivity contribution >= 4 is 0 Å². The predicted molar refractivity (Wildman–Crippen MR) is 38.6 cm³/mol. The molecule has 0 nitrogen and oxygen atoms in total. The Balaban J connectivity index is -0.00000000625. The van der Waals surface area contributed by atoms with Crippen molar-refractivity contribution in [3.05, 3.63) is 0 Å². The van der Waals surface area contributed by atoms with Gasteiger partial charge in [-0.2, -0.15) is 0 Å². The topological polar surface area (TPSA) is 0 Å². The first kappa shape index (κ1) is 37.2. The van der Waals surface area contributed by atoms with Crippen molar-refractivity contribution in [1.82, 2.24) is 0 Å². The maximum Gasteiger partial charge on any atom is 0 e. The third-order valence-electron chi connectivity index (χ3n) is 0. The molecule has 0 aromatic carbocycles. The van der Waals surface area contributed by atoms with Crippen molar-refractivity contribution in [3.63, 3.8) is 0 Å². The summed E-state index contributed by atoms with van der Waals surface area (Å²) in [6, 6.07) is 0. The summed E-state index contributed by atoms with van der Waals surface area (Å²) in [7, 11) is 0. The van der Waals surface area contributed by atoms with Gasteiger partial charge < -0.3 is 0 Å². The van der Waals surface area contributed by atoms with E-state index < -0.39 is 0 Å². The maximum absolute atomic E-state index is 2.17. The van der Waals surface area contributed by atoms with E-state index in [-0.39, 0.29) is 121 Å². The quantitative estimate of drug-likeness (QED) is 0.592. The fourth-order valence-corrected chi connectivity index (χ4v) is 0. The van der Waals surface area contributed by atoms with Gasteiger partial charge in [0.15, 0.2) is 0 Å². The Labute approximate surface area is 157 Å². The van der Waals surface area contributed by atoms with E-state index in [1.54, 1.807) is 0 Å². The first-order valence-corrected chi connectivity index (χ1v) is 2.73. The fraction of sp³-hybridized carbons (Fsp3) is 1.00. The van der Waals surface area contributed by atoms with Gasteiger partial charge in [-0.15, -0.1) is 0 Å². The third kappa shape index (κ3) is 95.8. The molecule has 10 heavy (non-hydrogen) atoms. The Kier molecular flexibility index (Phi) is 143. The summed E-state index contributed by atoms with van der Waals surface area (Å²) in [5.74, 6) is 0.833. The van der Waals surface area contributed by atoms with Gasteiger partial charge in [-0.25, -0.2) is 0 Å². The minimum absolute atomic E-state index is 0. The fourth-order valence-electron chi connectivity index (χ4n) is 0. The van der Waals surface area contributed by atoms with Crippen LogP contribution in [-0.2, 0) is 0 Å². The van der Waals surface area contributed by atoms with Crippen LogP contribution in [0.4, 0.5) is 0 Å². The molecule has 0 aliphatic rings. The molecule has 0 unspecified atom stereocenters. The molecular weight excluding hydrogens is 204 g/mol. The molecule has 0 saturated heterocycles. The van der Waals surface area contributed by atoms with Gasteiger partial charge in [-0.3, -0.25) is 0 Å². The molecule has 0 amide bonds. The smallest absolute Gasteiger partial charge is 0 e. The van der Waals surface area contributed by atoms with Crippen LogP contribution < -0.4 is 0 Å². The van der Waals surface area contributed by atoms with E-state index in [0.717, 1.165) is 5.92 Å². The molecule has 0 heterocycles. The average molecular weight is 224 g/mol. The molecule has 0 radical (unpaired) electrons. The van der Waals surface area contributed by atoms with Crippen LogP contribution in [0.3, 0.4) is 0 Å². The molecule has 0 bridgehead atoms. The third-order valence-corrected chi connectivity index (χ3v) is 0. The zero-order valence-electron chi connectivity index (χ0n) is 6.64. The van der Waals surface area contributed by atoms with Crippen molar-refractivity contribution in [2.45, 2.75) is 42.0 Å². The standard InChI is InChI=1S/C4H10.C2H6.CH4.3Ar/c1-4(2)3;1-2;;;;/h4H,1-3H3;1-2H3;1H4;;;. The van der Waals surface area contributed by atoms with Crippen LogP contribution in [0.5, 0.6) is 0 Å². The second-order valence-electron chi connectivity index (χ2n) is 1.73. The molecule has 0 N–H and O–H groups in total. The number of hydrogen-bond acceptors (Lipinski definition) is 0. The molecule has 0 aliphatic carbocycles. The summed E-state index contributed by atoms with van der Waals surface area (Å²) in [6.07, 6.45) is 0. The summed E-state index contributed by atoms with van der Waals surface area (Å²) >= 11 is 0.